The Bertz CT molecular complexity index is 730. The van der Waals surface area contributed by atoms with Crippen LogP contribution in [0.15, 0.2) is 25.7 Å². The summed E-state index contributed by atoms with van der Waals surface area (Å²) >= 11 is 5.52. The molecule has 0 spiro atoms. The van der Waals surface area contributed by atoms with E-state index in [-0.39, 0.29) is 11.7 Å². The van der Waals surface area contributed by atoms with E-state index in [9.17, 15) is 4.79 Å². The van der Waals surface area contributed by atoms with Gasteiger partial charge in [-0.05, 0) is 55.1 Å². The molecule has 0 radical (unpaired) electrons. The average molecular weight is 383 g/mol. The third kappa shape index (κ3) is 5.14. The maximum Gasteiger partial charge on any atom is 0.234 e. The summed E-state index contributed by atoms with van der Waals surface area (Å²) in [6, 6.07) is 3.80. The lowest BCUT2D eigenvalue weighted by molar-refractivity contribution is -0.113. The lowest BCUT2D eigenvalue weighted by Gasteiger charge is -2.12. The number of thiocyanates is 1. The molecule has 0 aliphatic rings. The highest BCUT2D eigenvalue weighted by molar-refractivity contribution is 8.03. The second kappa shape index (κ2) is 8.59. The zero-order valence-corrected chi connectivity index (χ0v) is 16.0. The highest BCUT2D eigenvalue weighted by Gasteiger charge is 2.11. The van der Waals surface area contributed by atoms with Crippen molar-refractivity contribution in [1.82, 2.24) is 10.2 Å². The van der Waals surface area contributed by atoms with Gasteiger partial charge in [-0.1, -0.05) is 34.9 Å². The second-order valence-electron chi connectivity index (χ2n) is 4.50. The van der Waals surface area contributed by atoms with Crippen molar-refractivity contribution in [3.8, 4) is 5.40 Å². The van der Waals surface area contributed by atoms with Crippen molar-refractivity contribution in [2.24, 2.45) is 0 Å². The van der Waals surface area contributed by atoms with Gasteiger partial charge in [-0.3, -0.25) is 4.79 Å². The van der Waals surface area contributed by atoms with Gasteiger partial charge in [0.1, 0.15) is 5.40 Å². The molecule has 23 heavy (non-hydrogen) atoms. The Morgan fingerprint density at radius 1 is 1.30 bits per heavy atom. The molecule has 0 atom stereocenters. The van der Waals surface area contributed by atoms with Crippen LogP contribution in [0.3, 0.4) is 0 Å². The van der Waals surface area contributed by atoms with Crippen molar-refractivity contribution in [3.05, 3.63) is 23.3 Å². The van der Waals surface area contributed by atoms with E-state index in [1.54, 1.807) is 11.8 Å². The first-order valence-electron chi connectivity index (χ1n) is 6.50. The molecule has 0 saturated heterocycles. The van der Waals surface area contributed by atoms with E-state index < -0.39 is 0 Å². The number of nitrogens with zero attached hydrogens (tertiary/aromatic N) is 3. The third-order valence-corrected chi connectivity index (χ3v) is 6.42. The Balaban J connectivity index is 1.98. The molecule has 0 aliphatic heterocycles. The molecule has 0 aliphatic carbocycles. The summed E-state index contributed by atoms with van der Waals surface area (Å²) in [7, 11) is 0. The number of aryl methyl sites for hydroxylation is 2. The quantitative estimate of drug-likeness (QED) is 0.593. The number of amides is 1. The Kier molecular flexibility index (Phi) is 6.77. The molecule has 5 nitrogen and oxygen atoms in total. The number of rotatable bonds is 6. The molecule has 0 saturated carbocycles. The summed E-state index contributed by atoms with van der Waals surface area (Å²) in [6.45, 7) is 3.85. The van der Waals surface area contributed by atoms with E-state index in [0.29, 0.717) is 0 Å². The summed E-state index contributed by atoms with van der Waals surface area (Å²) in [5.74, 6) is 0.208. The first-order chi connectivity index (χ1) is 11.0. The summed E-state index contributed by atoms with van der Waals surface area (Å²) in [5.41, 5.74) is 2.70. The molecular weight excluding hydrogens is 368 g/mol. The van der Waals surface area contributed by atoms with Gasteiger partial charge in [0.25, 0.3) is 0 Å². The largest absolute Gasteiger partial charge is 0.325 e. The second-order valence-corrected chi connectivity index (χ2v) is 8.61. The van der Waals surface area contributed by atoms with E-state index >= 15 is 0 Å². The molecule has 0 unspecified atom stereocenters. The smallest absolute Gasteiger partial charge is 0.234 e. The minimum Gasteiger partial charge on any atom is -0.325 e. The van der Waals surface area contributed by atoms with Crippen molar-refractivity contribution in [2.45, 2.75) is 27.4 Å². The number of nitriles is 1. The third-order valence-electron chi connectivity index (χ3n) is 2.82. The number of carbonyl (C=O) groups is 1. The molecule has 0 fully saturated rings. The van der Waals surface area contributed by atoms with Crippen LogP contribution in [0.1, 0.15) is 11.1 Å². The van der Waals surface area contributed by atoms with Gasteiger partial charge in [-0.15, -0.1) is 10.2 Å². The SMILES string of the molecule is CSc1nnc(SCC(=O)Nc2c(C)cc(SC#N)cc2C)s1. The van der Waals surface area contributed by atoms with Gasteiger partial charge in [-0.2, -0.15) is 5.26 Å². The van der Waals surface area contributed by atoms with E-state index in [1.165, 1.54) is 23.1 Å². The van der Waals surface area contributed by atoms with Crippen LogP contribution in [0.4, 0.5) is 5.69 Å². The van der Waals surface area contributed by atoms with Crippen molar-refractivity contribution in [3.63, 3.8) is 0 Å². The van der Waals surface area contributed by atoms with Crippen LogP contribution in [-0.4, -0.2) is 28.1 Å². The fourth-order valence-electron chi connectivity index (χ4n) is 1.87. The summed E-state index contributed by atoms with van der Waals surface area (Å²) in [6.07, 6.45) is 1.95. The number of benzene rings is 1. The Morgan fingerprint density at radius 2 is 1.96 bits per heavy atom. The number of hydrogen-bond donors (Lipinski definition) is 1. The fourth-order valence-corrected chi connectivity index (χ4v) is 4.69. The molecular formula is C14H14N4OS4. The summed E-state index contributed by atoms with van der Waals surface area (Å²) in [4.78, 5) is 13.0. The normalized spacial score (nSPS) is 10.3. The predicted molar refractivity (Wildman–Crippen MR) is 98.4 cm³/mol. The van der Waals surface area contributed by atoms with Crippen LogP contribution in [0.5, 0.6) is 0 Å². The Labute approximate surface area is 151 Å². The number of anilines is 1. The number of thioether (sulfide) groups is 3. The van der Waals surface area contributed by atoms with Crippen LogP contribution in [-0.2, 0) is 4.79 Å². The van der Waals surface area contributed by atoms with E-state index in [1.807, 2.05) is 32.2 Å². The molecule has 9 heteroatoms. The monoisotopic (exact) mass is 382 g/mol. The first kappa shape index (κ1) is 18.1. The van der Waals surface area contributed by atoms with Gasteiger partial charge in [0, 0.05) is 10.6 Å². The van der Waals surface area contributed by atoms with Crippen LogP contribution in [0.25, 0.3) is 0 Å². The van der Waals surface area contributed by atoms with Gasteiger partial charge in [0.2, 0.25) is 5.91 Å². The zero-order chi connectivity index (χ0) is 16.8. The van der Waals surface area contributed by atoms with Crippen molar-refractivity contribution in [1.29, 1.82) is 5.26 Å². The molecule has 1 heterocycles. The number of aromatic nitrogens is 2. The maximum atomic E-state index is 12.1. The molecule has 1 N–H and O–H groups in total. The standard InChI is InChI=1S/C14H14N4OS4/c1-8-4-10(22-7-15)5-9(2)12(8)16-11(19)6-21-14-18-17-13(20-3)23-14/h4-5H,6H2,1-3H3,(H,16,19). The maximum absolute atomic E-state index is 12.1. The van der Waals surface area contributed by atoms with Gasteiger partial charge in [-0.25, -0.2) is 0 Å². The van der Waals surface area contributed by atoms with E-state index in [4.69, 9.17) is 5.26 Å². The van der Waals surface area contributed by atoms with Crippen LogP contribution in [0.2, 0.25) is 0 Å². The minimum absolute atomic E-state index is 0.0808. The number of nitrogens with one attached hydrogen (secondary N) is 1. The minimum atomic E-state index is -0.0808. The Morgan fingerprint density at radius 3 is 2.52 bits per heavy atom. The summed E-state index contributed by atoms with van der Waals surface area (Å²) in [5, 5.41) is 21.8. The first-order valence-corrected chi connectivity index (χ1v) is 10.3. The number of carbonyl (C=O) groups excluding carboxylic acids is 1. The molecule has 1 amide bonds. The van der Waals surface area contributed by atoms with E-state index in [2.05, 4.69) is 20.9 Å². The topological polar surface area (TPSA) is 78.7 Å². The van der Waals surface area contributed by atoms with Crippen LogP contribution >= 0.6 is 46.6 Å². The fraction of sp³-hybridized carbons (Fsp3) is 0.286. The molecule has 2 rings (SSSR count). The predicted octanol–water partition coefficient (Wildman–Crippen LogP) is 4.18. The lowest BCUT2D eigenvalue weighted by Crippen LogP contribution is -2.15. The zero-order valence-electron chi connectivity index (χ0n) is 12.7. The van der Waals surface area contributed by atoms with Crippen molar-refractivity contribution < 1.29 is 4.79 Å². The van der Waals surface area contributed by atoms with Gasteiger partial charge in [0.15, 0.2) is 8.68 Å². The summed E-state index contributed by atoms with van der Waals surface area (Å²) < 4.78 is 1.68. The van der Waals surface area contributed by atoms with E-state index in [0.717, 1.165) is 42.2 Å². The highest BCUT2D eigenvalue weighted by atomic mass is 32.2. The van der Waals surface area contributed by atoms with Gasteiger partial charge in [0.05, 0.1) is 5.75 Å². The molecule has 2 aromatic rings. The lowest BCUT2D eigenvalue weighted by atomic mass is 10.1. The molecule has 1 aromatic carbocycles. The molecule has 120 valence electrons. The highest BCUT2D eigenvalue weighted by Crippen LogP contribution is 2.29. The van der Waals surface area contributed by atoms with Crippen molar-refractivity contribution >= 4 is 58.2 Å². The number of hydrogen-bond acceptors (Lipinski definition) is 8. The average Bonchev–Trinajstić information content (AvgIpc) is 2.97. The van der Waals surface area contributed by atoms with Crippen LogP contribution in [0, 0.1) is 24.5 Å². The van der Waals surface area contributed by atoms with Gasteiger partial charge >= 0.3 is 0 Å². The van der Waals surface area contributed by atoms with Gasteiger partial charge < -0.3 is 5.32 Å². The molecule has 0 bridgehead atoms. The molecule has 1 aromatic heterocycles. The van der Waals surface area contributed by atoms with Crippen LogP contribution < -0.4 is 5.32 Å². The Hall–Kier alpha value is -1.21. The van der Waals surface area contributed by atoms with Crippen molar-refractivity contribution in [2.75, 3.05) is 17.3 Å².